The van der Waals surface area contributed by atoms with Crippen LogP contribution < -0.4 is 10.6 Å². The van der Waals surface area contributed by atoms with Crippen molar-refractivity contribution in [1.82, 2.24) is 10.3 Å². The third kappa shape index (κ3) is 3.55. The molecule has 0 atom stereocenters. The highest BCUT2D eigenvalue weighted by atomic mass is 16.3. The van der Waals surface area contributed by atoms with Gasteiger partial charge in [0, 0.05) is 35.1 Å². The molecule has 0 bridgehead atoms. The Morgan fingerprint density at radius 2 is 1.92 bits per heavy atom. The molecule has 0 saturated carbocycles. The first-order valence-electron chi connectivity index (χ1n) is 8.21. The fourth-order valence-corrected chi connectivity index (χ4v) is 2.70. The van der Waals surface area contributed by atoms with E-state index in [0.29, 0.717) is 11.1 Å². The molecule has 128 valence electrons. The zero-order valence-corrected chi connectivity index (χ0v) is 14.5. The summed E-state index contributed by atoms with van der Waals surface area (Å²) >= 11 is 0. The molecule has 0 aliphatic carbocycles. The van der Waals surface area contributed by atoms with E-state index in [2.05, 4.69) is 15.6 Å². The minimum atomic E-state index is -0.140. The van der Waals surface area contributed by atoms with Gasteiger partial charge in [0.25, 0.3) is 5.91 Å². The Kier molecular flexibility index (Phi) is 4.57. The zero-order chi connectivity index (χ0) is 18.0. The molecule has 0 spiro atoms. The number of aryl methyl sites for hydroxylation is 1. The van der Waals surface area contributed by atoms with E-state index in [1.165, 1.54) is 0 Å². The van der Waals surface area contributed by atoms with Crippen molar-refractivity contribution < 1.29 is 9.90 Å². The SMILES string of the molecule is Cc1ccc(O)cc1Nc1ccnc2c(C(=O)NC(C)C)cccc12. The van der Waals surface area contributed by atoms with E-state index < -0.39 is 0 Å². The number of aromatic nitrogens is 1. The van der Waals surface area contributed by atoms with E-state index in [9.17, 15) is 9.90 Å². The van der Waals surface area contributed by atoms with Gasteiger partial charge in [-0.05, 0) is 44.5 Å². The number of carbonyl (C=O) groups is 1. The second-order valence-electron chi connectivity index (χ2n) is 6.31. The molecule has 0 radical (unpaired) electrons. The van der Waals surface area contributed by atoms with Crippen LogP contribution in [0.25, 0.3) is 10.9 Å². The summed E-state index contributed by atoms with van der Waals surface area (Å²) in [5, 5.41) is 16.8. The quantitative estimate of drug-likeness (QED) is 0.670. The Labute approximate surface area is 146 Å². The fourth-order valence-electron chi connectivity index (χ4n) is 2.70. The van der Waals surface area contributed by atoms with E-state index in [1.54, 1.807) is 24.4 Å². The van der Waals surface area contributed by atoms with Crippen LogP contribution in [0.5, 0.6) is 5.75 Å². The molecule has 0 aliphatic rings. The van der Waals surface area contributed by atoms with Gasteiger partial charge in [0.15, 0.2) is 0 Å². The lowest BCUT2D eigenvalue weighted by Gasteiger charge is -2.14. The van der Waals surface area contributed by atoms with Gasteiger partial charge in [-0.1, -0.05) is 18.2 Å². The summed E-state index contributed by atoms with van der Waals surface area (Å²) in [6, 6.07) is 12.6. The number of phenols is 1. The van der Waals surface area contributed by atoms with Crippen molar-refractivity contribution in [3.8, 4) is 5.75 Å². The Morgan fingerprint density at radius 1 is 1.12 bits per heavy atom. The number of hydrogen-bond donors (Lipinski definition) is 3. The number of benzene rings is 2. The van der Waals surface area contributed by atoms with Crippen molar-refractivity contribution in [3.63, 3.8) is 0 Å². The third-order valence-electron chi connectivity index (χ3n) is 3.93. The Morgan fingerprint density at radius 3 is 2.68 bits per heavy atom. The van der Waals surface area contributed by atoms with Crippen LogP contribution in [0.1, 0.15) is 29.8 Å². The van der Waals surface area contributed by atoms with Crippen LogP contribution >= 0.6 is 0 Å². The monoisotopic (exact) mass is 335 g/mol. The first-order chi connectivity index (χ1) is 12.0. The highest BCUT2D eigenvalue weighted by Gasteiger charge is 2.14. The predicted octanol–water partition coefficient (Wildman–Crippen LogP) is 4.13. The van der Waals surface area contributed by atoms with Gasteiger partial charge in [0.1, 0.15) is 5.75 Å². The average molecular weight is 335 g/mol. The molecule has 25 heavy (non-hydrogen) atoms. The first-order valence-corrected chi connectivity index (χ1v) is 8.21. The lowest BCUT2D eigenvalue weighted by atomic mass is 10.1. The van der Waals surface area contributed by atoms with Gasteiger partial charge in [0.05, 0.1) is 11.1 Å². The van der Waals surface area contributed by atoms with Crippen molar-refractivity contribution in [2.45, 2.75) is 26.8 Å². The highest BCUT2D eigenvalue weighted by Crippen LogP contribution is 2.30. The fraction of sp³-hybridized carbons (Fsp3) is 0.200. The van der Waals surface area contributed by atoms with Crippen molar-refractivity contribution in [2.24, 2.45) is 0 Å². The van der Waals surface area contributed by atoms with Gasteiger partial charge in [-0.2, -0.15) is 0 Å². The number of carbonyl (C=O) groups excluding carboxylic acids is 1. The minimum absolute atomic E-state index is 0.0546. The second-order valence-corrected chi connectivity index (χ2v) is 6.31. The van der Waals surface area contributed by atoms with Gasteiger partial charge in [-0.3, -0.25) is 9.78 Å². The molecule has 2 aromatic carbocycles. The first kappa shape index (κ1) is 16.8. The standard InChI is InChI=1S/C20H21N3O2/c1-12(2)22-20(25)16-6-4-5-15-17(9-10-21-19(15)16)23-18-11-14(24)8-7-13(18)3/h4-12,24H,1-3H3,(H,21,23)(H,22,25). The van der Waals surface area contributed by atoms with Crippen molar-refractivity contribution in [3.05, 3.63) is 59.8 Å². The van der Waals surface area contributed by atoms with Crippen LogP contribution in [0.3, 0.4) is 0 Å². The largest absolute Gasteiger partial charge is 0.508 e. The van der Waals surface area contributed by atoms with Gasteiger partial charge in [-0.25, -0.2) is 0 Å². The molecule has 0 fully saturated rings. The lowest BCUT2D eigenvalue weighted by molar-refractivity contribution is 0.0944. The molecule has 1 aromatic heterocycles. The van der Waals surface area contributed by atoms with Gasteiger partial charge < -0.3 is 15.7 Å². The van der Waals surface area contributed by atoms with Crippen LogP contribution in [-0.4, -0.2) is 22.0 Å². The Balaban J connectivity index is 2.06. The average Bonchev–Trinajstić information content (AvgIpc) is 2.57. The Bertz CT molecular complexity index is 935. The maximum absolute atomic E-state index is 12.4. The molecule has 0 aliphatic heterocycles. The topological polar surface area (TPSA) is 74.2 Å². The van der Waals surface area contributed by atoms with Crippen molar-refractivity contribution in [1.29, 1.82) is 0 Å². The van der Waals surface area contributed by atoms with Crippen molar-refractivity contribution >= 4 is 28.2 Å². The van der Waals surface area contributed by atoms with Gasteiger partial charge in [-0.15, -0.1) is 0 Å². The van der Waals surface area contributed by atoms with Crippen LogP contribution in [0, 0.1) is 6.92 Å². The van der Waals surface area contributed by atoms with E-state index in [1.807, 2.05) is 45.0 Å². The smallest absolute Gasteiger partial charge is 0.253 e. The van der Waals surface area contributed by atoms with Crippen LogP contribution in [0.2, 0.25) is 0 Å². The van der Waals surface area contributed by atoms with E-state index >= 15 is 0 Å². The number of para-hydroxylation sites is 1. The van der Waals surface area contributed by atoms with Crippen LogP contribution in [0.4, 0.5) is 11.4 Å². The number of amides is 1. The second kappa shape index (κ2) is 6.81. The zero-order valence-electron chi connectivity index (χ0n) is 14.5. The number of hydrogen-bond acceptors (Lipinski definition) is 4. The van der Waals surface area contributed by atoms with Crippen molar-refractivity contribution in [2.75, 3.05) is 5.32 Å². The molecular weight excluding hydrogens is 314 g/mol. The maximum Gasteiger partial charge on any atom is 0.253 e. The number of pyridine rings is 1. The predicted molar refractivity (Wildman–Crippen MR) is 100 cm³/mol. The summed E-state index contributed by atoms with van der Waals surface area (Å²) in [5.74, 6) is 0.0576. The summed E-state index contributed by atoms with van der Waals surface area (Å²) in [5.41, 5.74) is 3.84. The van der Waals surface area contributed by atoms with Gasteiger partial charge >= 0.3 is 0 Å². The van der Waals surface area contributed by atoms with E-state index in [4.69, 9.17) is 0 Å². The third-order valence-corrected chi connectivity index (χ3v) is 3.93. The lowest BCUT2D eigenvalue weighted by Crippen LogP contribution is -2.30. The molecule has 1 amide bonds. The summed E-state index contributed by atoms with van der Waals surface area (Å²) in [7, 11) is 0. The molecular formula is C20H21N3O2. The molecule has 5 nitrogen and oxygen atoms in total. The molecule has 1 heterocycles. The molecule has 5 heteroatoms. The number of phenolic OH excluding ortho intramolecular Hbond substituents is 1. The normalized spacial score (nSPS) is 10.9. The number of anilines is 2. The number of nitrogens with zero attached hydrogens (tertiary/aromatic N) is 1. The van der Waals surface area contributed by atoms with Crippen LogP contribution in [-0.2, 0) is 0 Å². The van der Waals surface area contributed by atoms with E-state index in [0.717, 1.165) is 22.3 Å². The number of aromatic hydroxyl groups is 1. The minimum Gasteiger partial charge on any atom is -0.508 e. The van der Waals surface area contributed by atoms with Crippen LogP contribution in [0.15, 0.2) is 48.7 Å². The summed E-state index contributed by atoms with van der Waals surface area (Å²) in [6.07, 6.45) is 1.68. The molecule has 3 N–H and O–H groups in total. The Hall–Kier alpha value is -3.08. The molecule has 3 rings (SSSR count). The molecule has 0 saturated heterocycles. The molecule has 3 aromatic rings. The summed E-state index contributed by atoms with van der Waals surface area (Å²) < 4.78 is 0. The van der Waals surface area contributed by atoms with E-state index in [-0.39, 0.29) is 17.7 Å². The summed E-state index contributed by atoms with van der Waals surface area (Å²) in [4.78, 5) is 16.8. The molecule has 0 unspecified atom stereocenters. The summed E-state index contributed by atoms with van der Waals surface area (Å²) in [6.45, 7) is 5.81. The number of rotatable bonds is 4. The number of nitrogens with one attached hydrogen (secondary N) is 2. The highest BCUT2D eigenvalue weighted by molar-refractivity contribution is 6.08. The number of fused-ring (bicyclic) bond motifs is 1. The maximum atomic E-state index is 12.4. The van der Waals surface area contributed by atoms with Gasteiger partial charge in [0.2, 0.25) is 0 Å².